The SMILES string of the molecule is Cc1cc([N+](=O)[O-])ccc1S(=O)(=O)NCC(N)C1CC1. The molecule has 0 bridgehead atoms. The lowest BCUT2D eigenvalue weighted by atomic mass is 10.2. The highest BCUT2D eigenvalue weighted by Gasteiger charge is 2.29. The molecule has 1 aliphatic carbocycles. The summed E-state index contributed by atoms with van der Waals surface area (Å²) in [5.74, 6) is 0.399. The first kappa shape index (κ1) is 14.9. The molecular weight excluding hydrogens is 282 g/mol. The first-order chi connectivity index (χ1) is 9.31. The number of nitro benzene ring substituents is 1. The monoisotopic (exact) mass is 299 g/mol. The van der Waals surface area contributed by atoms with Gasteiger partial charge in [0.05, 0.1) is 9.82 Å². The molecule has 1 atom stereocenters. The van der Waals surface area contributed by atoms with Gasteiger partial charge in [0, 0.05) is 24.7 Å². The molecule has 0 aromatic heterocycles. The number of hydrogen-bond donors (Lipinski definition) is 2. The van der Waals surface area contributed by atoms with Crippen LogP contribution in [0.5, 0.6) is 0 Å². The van der Waals surface area contributed by atoms with E-state index in [1.807, 2.05) is 0 Å². The summed E-state index contributed by atoms with van der Waals surface area (Å²) in [5, 5.41) is 10.6. The maximum atomic E-state index is 12.1. The largest absolute Gasteiger partial charge is 0.326 e. The maximum Gasteiger partial charge on any atom is 0.269 e. The zero-order valence-electron chi connectivity index (χ0n) is 11.1. The van der Waals surface area contributed by atoms with E-state index in [1.165, 1.54) is 25.1 Å². The van der Waals surface area contributed by atoms with E-state index in [0.717, 1.165) is 12.8 Å². The molecule has 0 saturated heterocycles. The van der Waals surface area contributed by atoms with Crippen LogP contribution in [0.4, 0.5) is 5.69 Å². The Morgan fingerprint density at radius 1 is 1.50 bits per heavy atom. The number of nitrogens with two attached hydrogens (primary N) is 1. The minimum atomic E-state index is -3.69. The first-order valence-corrected chi connectivity index (χ1v) is 7.80. The molecule has 3 N–H and O–H groups in total. The Morgan fingerprint density at radius 2 is 2.15 bits per heavy atom. The predicted molar refractivity (Wildman–Crippen MR) is 73.7 cm³/mol. The third-order valence-corrected chi connectivity index (χ3v) is 4.98. The lowest BCUT2D eigenvalue weighted by molar-refractivity contribution is -0.385. The van der Waals surface area contributed by atoms with Gasteiger partial charge in [-0.3, -0.25) is 10.1 Å². The summed E-state index contributed by atoms with van der Waals surface area (Å²) in [5.41, 5.74) is 6.06. The van der Waals surface area contributed by atoms with E-state index in [-0.39, 0.29) is 23.2 Å². The average molecular weight is 299 g/mol. The van der Waals surface area contributed by atoms with E-state index in [4.69, 9.17) is 5.73 Å². The predicted octanol–water partition coefficient (Wildman–Crippen LogP) is 0.919. The lowest BCUT2D eigenvalue weighted by Crippen LogP contribution is -2.38. The van der Waals surface area contributed by atoms with Crippen LogP contribution in [0.2, 0.25) is 0 Å². The van der Waals surface area contributed by atoms with Crippen LogP contribution in [0.25, 0.3) is 0 Å². The fraction of sp³-hybridized carbons (Fsp3) is 0.500. The normalized spacial score (nSPS) is 16.9. The molecule has 2 rings (SSSR count). The molecule has 7 nitrogen and oxygen atoms in total. The fourth-order valence-corrected chi connectivity index (χ4v) is 3.32. The van der Waals surface area contributed by atoms with Crippen molar-refractivity contribution in [3.8, 4) is 0 Å². The Morgan fingerprint density at radius 3 is 2.65 bits per heavy atom. The number of sulfonamides is 1. The van der Waals surface area contributed by atoms with Gasteiger partial charge >= 0.3 is 0 Å². The minimum absolute atomic E-state index is 0.0473. The fourth-order valence-electron chi connectivity index (χ4n) is 2.02. The van der Waals surface area contributed by atoms with Gasteiger partial charge in [-0.05, 0) is 37.3 Å². The average Bonchev–Trinajstić information content (AvgIpc) is 3.19. The van der Waals surface area contributed by atoms with E-state index in [0.29, 0.717) is 11.5 Å². The van der Waals surface area contributed by atoms with Crippen molar-refractivity contribution in [3.05, 3.63) is 33.9 Å². The Balaban J connectivity index is 2.14. The molecule has 1 aromatic rings. The van der Waals surface area contributed by atoms with Gasteiger partial charge in [0.25, 0.3) is 5.69 Å². The van der Waals surface area contributed by atoms with Crippen LogP contribution in [0.15, 0.2) is 23.1 Å². The number of nitro groups is 1. The van der Waals surface area contributed by atoms with Crippen molar-refractivity contribution < 1.29 is 13.3 Å². The number of nitrogens with zero attached hydrogens (tertiary/aromatic N) is 1. The minimum Gasteiger partial charge on any atom is -0.326 e. The Kier molecular flexibility index (Phi) is 4.07. The molecule has 1 aromatic carbocycles. The van der Waals surface area contributed by atoms with Crippen LogP contribution >= 0.6 is 0 Å². The highest BCUT2D eigenvalue weighted by Crippen LogP contribution is 2.31. The van der Waals surface area contributed by atoms with Crippen LogP contribution in [0, 0.1) is 23.0 Å². The molecular formula is C12H17N3O4S. The Bertz CT molecular complexity index is 626. The third-order valence-electron chi connectivity index (χ3n) is 3.40. The third kappa shape index (κ3) is 3.33. The zero-order valence-corrected chi connectivity index (χ0v) is 11.9. The van der Waals surface area contributed by atoms with Gasteiger partial charge < -0.3 is 5.73 Å². The molecule has 110 valence electrons. The van der Waals surface area contributed by atoms with E-state index in [2.05, 4.69) is 4.72 Å². The lowest BCUT2D eigenvalue weighted by Gasteiger charge is -2.13. The van der Waals surface area contributed by atoms with Crippen molar-refractivity contribution >= 4 is 15.7 Å². The first-order valence-electron chi connectivity index (χ1n) is 6.31. The van der Waals surface area contributed by atoms with E-state index in [9.17, 15) is 18.5 Å². The number of benzene rings is 1. The van der Waals surface area contributed by atoms with Crippen molar-refractivity contribution in [1.82, 2.24) is 4.72 Å². The molecule has 1 unspecified atom stereocenters. The van der Waals surface area contributed by atoms with Crippen LogP contribution < -0.4 is 10.5 Å². The molecule has 1 fully saturated rings. The second kappa shape index (κ2) is 5.47. The van der Waals surface area contributed by atoms with Crippen LogP contribution in [-0.2, 0) is 10.0 Å². The van der Waals surface area contributed by atoms with Crippen molar-refractivity contribution in [3.63, 3.8) is 0 Å². The number of non-ortho nitro benzene ring substituents is 1. The van der Waals surface area contributed by atoms with E-state index < -0.39 is 14.9 Å². The van der Waals surface area contributed by atoms with Crippen LogP contribution in [0.3, 0.4) is 0 Å². The van der Waals surface area contributed by atoms with E-state index in [1.54, 1.807) is 0 Å². The zero-order chi connectivity index (χ0) is 14.9. The van der Waals surface area contributed by atoms with Crippen LogP contribution in [0.1, 0.15) is 18.4 Å². The molecule has 0 radical (unpaired) electrons. The maximum absolute atomic E-state index is 12.1. The van der Waals surface area contributed by atoms with Gasteiger partial charge in [-0.1, -0.05) is 0 Å². The molecule has 0 spiro atoms. The second-order valence-corrected chi connectivity index (χ2v) is 6.80. The van der Waals surface area contributed by atoms with Gasteiger partial charge in [-0.25, -0.2) is 13.1 Å². The van der Waals surface area contributed by atoms with Crippen molar-refractivity contribution in [1.29, 1.82) is 0 Å². The van der Waals surface area contributed by atoms with Gasteiger partial charge in [0.1, 0.15) is 0 Å². The van der Waals surface area contributed by atoms with Gasteiger partial charge in [0.2, 0.25) is 10.0 Å². The van der Waals surface area contributed by atoms with Crippen molar-refractivity contribution in [2.75, 3.05) is 6.54 Å². The second-order valence-electron chi connectivity index (χ2n) is 5.06. The number of hydrogen-bond acceptors (Lipinski definition) is 5. The molecule has 1 saturated carbocycles. The molecule has 8 heteroatoms. The van der Waals surface area contributed by atoms with Gasteiger partial charge in [-0.2, -0.15) is 0 Å². The smallest absolute Gasteiger partial charge is 0.269 e. The topological polar surface area (TPSA) is 115 Å². The molecule has 20 heavy (non-hydrogen) atoms. The number of aryl methyl sites for hydroxylation is 1. The molecule has 1 aliphatic rings. The summed E-state index contributed by atoms with van der Waals surface area (Å²) in [6.45, 7) is 1.71. The van der Waals surface area contributed by atoms with Crippen LogP contribution in [-0.4, -0.2) is 25.9 Å². The molecule has 0 heterocycles. The van der Waals surface area contributed by atoms with Gasteiger partial charge in [0.15, 0.2) is 0 Å². The Hall–Kier alpha value is -1.51. The summed E-state index contributed by atoms with van der Waals surface area (Å²) < 4.78 is 26.8. The summed E-state index contributed by atoms with van der Waals surface area (Å²) in [6.07, 6.45) is 2.08. The standard InChI is InChI=1S/C12H17N3O4S/c1-8-6-10(15(16)17)4-5-12(8)20(18,19)14-7-11(13)9-2-3-9/h4-6,9,11,14H,2-3,7,13H2,1H3. The Labute approximate surface area is 117 Å². The summed E-state index contributed by atoms with van der Waals surface area (Å²) in [6, 6.07) is 3.50. The summed E-state index contributed by atoms with van der Waals surface area (Å²) in [7, 11) is -3.69. The van der Waals surface area contributed by atoms with Crippen molar-refractivity contribution in [2.45, 2.75) is 30.7 Å². The van der Waals surface area contributed by atoms with Gasteiger partial charge in [-0.15, -0.1) is 0 Å². The highest BCUT2D eigenvalue weighted by molar-refractivity contribution is 7.89. The summed E-state index contributed by atoms with van der Waals surface area (Å²) in [4.78, 5) is 10.1. The number of rotatable bonds is 6. The van der Waals surface area contributed by atoms with E-state index >= 15 is 0 Å². The molecule has 0 aliphatic heterocycles. The number of nitrogens with one attached hydrogen (secondary N) is 1. The van der Waals surface area contributed by atoms with Crippen molar-refractivity contribution in [2.24, 2.45) is 11.7 Å². The summed E-state index contributed by atoms with van der Waals surface area (Å²) >= 11 is 0. The quantitative estimate of drug-likeness (QED) is 0.598. The highest BCUT2D eigenvalue weighted by atomic mass is 32.2. The molecule has 0 amide bonds.